The third-order valence-corrected chi connectivity index (χ3v) is 4.89. The number of nitrogens with one attached hydrogen (secondary N) is 1. The highest BCUT2D eigenvalue weighted by Gasteiger charge is 2.20. The Morgan fingerprint density at radius 1 is 1.33 bits per heavy atom. The van der Waals surface area contributed by atoms with E-state index >= 15 is 0 Å². The molecule has 1 fully saturated rings. The van der Waals surface area contributed by atoms with E-state index in [-0.39, 0.29) is 0 Å². The largest absolute Gasteiger partial charge is 0.314 e. The third kappa shape index (κ3) is 4.36. The fourth-order valence-corrected chi connectivity index (χ4v) is 3.56. The molecule has 1 saturated carbocycles. The molecule has 3 heteroatoms. The summed E-state index contributed by atoms with van der Waals surface area (Å²) in [5.74, 6) is 1.81. The first-order valence-corrected chi connectivity index (χ1v) is 8.30. The van der Waals surface area contributed by atoms with Crippen molar-refractivity contribution in [3.8, 4) is 0 Å². The predicted molar refractivity (Wildman–Crippen MR) is 79.0 cm³/mol. The van der Waals surface area contributed by atoms with Gasteiger partial charge in [-0.05, 0) is 31.1 Å². The van der Waals surface area contributed by atoms with Crippen molar-refractivity contribution in [1.29, 1.82) is 0 Å². The normalized spacial score (nSPS) is 25.3. The van der Waals surface area contributed by atoms with E-state index in [9.17, 15) is 0 Å². The molecule has 1 aliphatic rings. The molecule has 18 heavy (non-hydrogen) atoms. The summed E-state index contributed by atoms with van der Waals surface area (Å²) in [6.07, 6.45) is 8.04. The number of hydrogen-bond donors (Lipinski definition) is 1. The Kier molecular flexibility index (Phi) is 5.64. The van der Waals surface area contributed by atoms with E-state index in [2.05, 4.69) is 29.5 Å². The fraction of sp³-hybridized carbons (Fsp3) is 0.800. The maximum Gasteiger partial charge on any atom is 0.0794 e. The molecule has 0 saturated heterocycles. The SMILES string of the molecule is CC(C)C1CCCC(NCCc2cscn2)CC1. The highest BCUT2D eigenvalue weighted by Crippen LogP contribution is 2.28. The zero-order valence-corrected chi connectivity index (χ0v) is 12.5. The van der Waals surface area contributed by atoms with E-state index in [1.54, 1.807) is 11.3 Å². The summed E-state index contributed by atoms with van der Waals surface area (Å²) < 4.78 is 0. The molecule has 0 bridgehead atoms. The van der Waals surface area contributed by atoms with Crippen molar-refractivity contribution in [1.82, 2.24) is 10.3 Å². The second-order valence-electron chi connectivity index (χ2n) is 5.89. The quantitative estimate of drug-likeness (QED) is 0.818. The van der Waals surface area contributed by atoms with Crippen LogP contribution in [0, 0.1) is 11.8 Å². The second-order valence-corrected chi connectivity index (χ2v) is 6.61. The van der Waals surface area contributed by atoms with Crippen LogP contribution in [0.3, 0.4) is 0 Å². The molecule has 2 atom stereocenters. The van der Waals surface area contributed by atoms with E-state index in [1.165, 1.54) is 37.8 Å². The predicted octanol–water partition coefficient (Wildman–Crippen LogP) is 3.88. The zero-order chi connectivity index (χ0) is 12.8. The van der Waals surface area contributed by atoms with E-state index in [4.69, 9.17) is 0 Å². The number of thiazole rings is 1. The van der Waals surface area contributed by atoms with Gasteiger partial charge in [-0.25, -0.2) is 4.98 Å². The maximum absolute atomic E-state index is 4.33. The molecule has 1 heterocycles. The first kappa shape index (κ1) is 14.0. The van der Waals surface area contributed by atoms with Crippen molar-refractivity contribution < 1.29 is 0 Å². The zero-order valence-electron chi connectivity index (χ0n) is 11.7. The van der Waals surface area contributed by atoms with Crippen LogP contribution in [0.4, 0.5) is 0 Å². The van der Waals surface area contributed by atoms with Gasteiger partial charge in [0, 0.05) is 24.4 Å². The van der Waals surface area contributed by atoms with E-state index in [0.717, 1.165) is 30.8 Å². The van der Waals surface area contributed by atoms with Crippen molar-refractivity contribution in [2.75, 3.05) is 6.54 Å². The molecule has 0 spiro atoms. The molecule has 2 unspecified atom stereocenters. The smallest absolute Gasteiger partial charge is 0.0794 e. The molecule has 2 nitrogen and oxygen atoms in total. The second kappa shape index (κ2) is 7.25. The van der Waals surface area contributed by atoms with Crippen LogP contribution in [0.15, 0.2) is 10.9 Å². The van der Waals surface area contributed by atoms with Gasteiger partial charge in [0.15, 0.2) is 0 Å². The van der Waals surface area contributed by atoms with Gasteiger partial charge in [0.25, 0.3) is 0 Å². The van der Waals surface area contributed by atoms with Crippen molar-refractivity contribution in [2.24, 2.45) is 11.8 Å². The molecule has 1 aromatic rings. The van der Waals surface area contributed by atoms with Gasteiger partial charge in [0.2, 0.25) is 0 Å². The van der Waals surface area contributed by atoms with E-state index < -0.39 is 0 Å². The first-order chi connectivity index (χ1) is 8.75. The van der Waals surface area contributed by atoms with Crippen LogP contribution in [0.2, 0.25) is 0 Å². The van der Waals surface area contributed by atoms with Crippen LogP contribution in [0.25, 0.3) is 0 Å². The summed E-state index contributed by atoms with van der Waals surface area (Å²) in [4.78, 5) is 4.33. The monoisotopic (exact) mass is 266 g/mol. The van der Waals surface area contributed by atoms with Crippen LogP contribution in [-0.2, 0) is 6.42 Å². The molecule has 1 aliphatic carbocycles. The van der Waals surface area contributed by atoms with E-state index in [0.29, 0.717) is 0 Å². The standard InChI is InChI=1S/C15H26N2S/c1-12(2)13-4-3-5-14(7-6-13)16-9-8-15-10-18-11-17-15/h10-14,16H,3-9H2,1-2H3. The Bertz CT molecular complexity index is 321. The molecular formula is C15H26N2S. The lowest BCUT2D eigenvalue weighted by Crippen LogP contribution is -2.30. The summed E-state index contributed by atoms with van der Waals surface area (Å²) in [7, 11) is 0. The van der Waals surface area contributed by atoms with Gasteiger partial charge >= 0.3 is 0 Å². The van der Waals surface area contributed by atoms with Gasteiger partial charge in [0.05, 0.1) is 11.2 Å². The molecule has 0 amide bonds. The lowest BCUT2D eigenvalue weighted by Gasteiger charge is -2.19. The minimum Gasteiger partial charge on any atom is -0.314 e. The summed E-state index contributed by atoms with van der Waals surface area (Å²) in [6, 6.07) is 0.743. The van der Waals surface area contributed by atoms with Crippen molar-refractivity contribution in [2.45, 2.75) is 58.4 Å². The lowest BCUT2D eigenvalue weighted by atomic mass is 9.89. The van der Waals surface area contributed by atoms with Crippen LogP contribution in [0.5, 0.6) is 0 Å². The van der Waals surface area contributed by atoms with Gasteiger partial charge in [-0.2, -0.15) is 0 Å². The molecule has 0 aliphatic heterocycles. The Morgan fingerprint density at radius 2 is 2.22 bits per heavy atom. The Labute approximate surface area is 115 Å². The molecule has 1 aromatic heterocycles. The summed E-state index contributed by atoms with van der Waals surface area (Å²) in [5, 5.41) is 5.88. The Balaban J connectivity index is 1.67. The minimum absolute atomic E-state index is 0.743. The van der Waals surface area contributed by atoms with Crippen LogP contribution < -0.4 is 5.32 Å². The lowest BCUT2D eigenvalue weighted by molar-refractivity contribution is 0.338. The minimum atomic E-state index is 0.743. The van der Waals surface area contributed by atoms with Crippen LogP contribution in [-0.4, -0.2) is 17.6 Å². The number of rotatable bonds is 5. The number of nitrogens with zero attached hydrogens (tertiary/aromatic N) is 1. The van der Waals surface area contributed by atoms with Gasteiger partial charge in [-0.15, -0.1) is 11.3 Å². The molecule has 0 aromatic carbocycles. The highest BCUT2D eigenvalue weighted by atomic mass is 32.1. The van der Waals surface area contributed by atoms with Crippen LogP contribution >= 0.6 is 11.3 Å². The Hall–Kier alpha value is -0.410. The topological polar surface area (TPSA) is 24.9 Å². The summed E-state index contributed by atoms with van der Waals surface area (Å²) in [6.45, 7) is 5.84. The van der Waals surface area contributed by atoms with Crippen molar-refractivity contribution in [3.05, 3.63) is 16.6 Å². The number of hydrogen-bond acceptors (Lipinski definition) is 3. The molecule has 2 rings (SSSR count). The molecular weight excluding hydrogens is 240 g/mol. The maximum atomic E-state index is 4.33. The summed E-state index contributed by atoms with van der Waals surface area (Å²) >= 11 is 1.69. The van der Waals surface area contributed by atoms with Gasteiger partial charge in [-0.1, -0.05) is 26.7 Å². The third-order valence-electron chi connectivity index (χ3n) is 4.25. The Morgan fingerprint density at radius 3 is 2.94 bits per heavy atom. The molecule has 1 N–H and O–H groups in total. The summed E-state index contributed by atoms with van der Waals surface area (Å²) in [5.41, 5.74) is 3.16. The molecule has 0 radical (unpaired) electrons. The van der Waals surface area contributed by atoms with E-state index in [1.807, 2.05) is 5.51 Å². The first-order valence-electron chi connectivity index (χ1n) is 7.36. The number of aromatic nitrogens is 1. The average molecular weight is 266 g/mol. The fourth-order valence-electron chi connectivity index (χ4n) is 2.97. The highest BCUT2D eigenvalue weighted by molar-refractivity contribution is 7.07. The van der Waals surface area contributed by atoms with Gasteiger partial charge < -0.3 is 5.32 Å². The van der Waals surface area contributed by atoms with Crippen molar-refractivity contribution in [3.63, 3.8) is 0 Å². The van der Waals surface area contributed by atoms with Crippen molar-refractivity contribution >= 4 is 11.3 Å². The van der Waals surface area contributed by atoms with Crippen LogP contribution in [0.1, 0.15) is 51.6 Å². The van der Waals surface area contributed by atoms with Gasteiger partial charge in [0.1, 0.15) is 0 Å². The van der Waals surface area contributed by atoms with Gasteiger partial charge in [-0.3, -0.25) is 0 Å². The molecule has 102 valence electrons. The average Bonchev–Trinajstić information content (AvgIpc) is 2.73.